The summed E-state index contributed by atoms with van der Waals surface area (Å²) in [4.78, 5) is 29.0. The van der Waals surface area contributed by atoms with Crippen LogP contribution in [0.4, 0.5) is 10.5 Å². The highest BCUT2D eigenvalue weighted by Gasteiger charge is 2.27. The minimum atomic E-state index is -0.588. The van der Waals surface area contributed by atoms with Gasteiger partial charge in [-0.3, -0.25) is 4.79 Å². The molecule has 7 nitrogen and oxygen atoms in total. The Bertz CT molecular complexity index is 571. The van der Waals surface area contributed by atoms with Gasteiger partial charge in [0.2, 0.25) is 0 Å². The summed E-state index contributed by atoms with van der Waals surface area (Å²) in [6.45, 7) is 2.16. The molecule has 1 aromatic heterocycles. The van der Waals surface area contributed by atoms with E-state index in [9.17, 15) is 9.59 Å². The summed E-state index contributed by atoms with van der Waals surface area (Å²) in [5.41, 5.74) is 5.86. The first-order valence-electron chi connectivity index (χ1n) is 8.05. The number of likely N-dealkylation sites (tertiary alicyclic amines) is 1. The second kappa shape index (κ2) is 6.95. The summed E-state index contributed by atoms with van der Waals surface area (Å²) in [6, 6.07) is 2.95. The van der Waals surface area contributed by atoms with E-state index in [-0.39, 0.29) is 17.8 Å². The van der Waals surface area contributed by atoms with E-state index in [0.717, 1.165) is 31.9 Å². The molecule has 1 atom stereocenters. The lowest BCUT2D eigenvalue weighted by Gasteiger charge is -2.32. The number of anilines is 1. The predicted octanol–water partition coefficient (Wildman–Crippen LogP) is 1.60. The Hall–Kier alpha value is -2.15. The Morgan fingerprint density at radius 2 is 2.17 bits per heavy atom. The SMILES string of the molecule is NC(=O)c1ccc(NC(=O)N2CCCC(OCC3CC3)C2)cn1. The molecular weight excluding hydrogens is 296 g/mol. The number of ether oxygens (including phenoxy) is 1. The minimum Gasteiger partial charge on any atom is -0.376 e. The van der Waals surface area contributed by atoms with E-state index in [1.807, 2.05) is 0 Å². The Kier molecular flexibility index (Phi) is 4.76. The maximum Gasteiger partial charge on any atom is 0.321 e. The first-order valence-corrected chi connectivity index (χ1v) is 8.05. The fourth-order valence-corrected chi connectivity index (χ4v) is 2.63. The van der Waals surface area contributed by atoms with Gasteiger partial charge in [-0.05, 0) is 43.7 Å². The molecule has 3 rings (SSSR count). The minimum absolute atomic E-state index is 0.130. The van der Waals surface area contributed by atoms with Crippen LogP contribution < -0.4 is 11.1 Å². The molecule has 3 N–H and O–H groups in total. The zero-order chi connectivity index (χ0) is 16.2. The lowest BCUT2D eigenvalue weighted by atomic mass is 10.1. The molecule has 0 radical (unpaired) electrons. The van der Waals surface area contributed by atoms with Gasteiger partial charge in [-0.25, -0.2) is 9.78 Å². The van der Waals surface area contributed by atoms with Crippen molar-refractivity contribution in [3.05, 3.63) is 24.0 Å². The highest BCUT2D eigenvalue weighted by atomic mass is 16.5. The number of amides is 3. The van der Waals surface area contributed by atoms with Gasteiger partial charge >= 0.3 is 6.03 Å². The number of urea groups is 1. The fraction of sp³-hybridized carbons (Fsp3) is 0.562. The van der Waals surface area contributed by atoms with Crippen molar-refractivity contribution in [3.63, 3.8) is 0 Å². The number of pyridine rings is 1. The molecule has 2 aliphatic rings. The summed E-state index contributed by atoms with van der Waals surface area (Å²) in [5.74, 6) is 0.142. The van der Waals surface area contributed by atoms with E-state index in [2.05, 4.69) is 10.3 Å². The topological polar surface area (TPSA) is 97.5 Å². The van der Waals surface area contributed by atoms with Crippen LogP contribution >= 0.6 is 0 Å². The van der Waals surface area contributed by atoms with Crippen LogP contribution in [0, 0.1) is 5.92 Å². The molecule has 0 aromatic carbocycles. The Balaban J connectivity index is 1.51. The molecule has 1 saturated carbocycles. The molecular formula is C16H22N4O3. The van der Waals surface area contributed by atoms with Gasteiger partial charge < -0.3 is 20.7 Å². The third-order valence-corrected chi connectivity index (χ3v) is 4.20. The molecule has 1 aromatic rings. The zero-order valence-corrected chi connectivity index (χ0v) is 13.0. The van der Waals surface area contributed by atoms with Gasteiger partial charge in [0.05, 0.1) is 18.0 Å². The number of piperidine rings is 1. The van der Waals surface area contributed by atoms with E-state index < -0.39 is 5.91 Å². The monoisotopic (exact) mass is 318 g/mol. The van der Waals surface area contributed by atoms with Crippen molar-refractivity contribution in [2.45, 2.75) is 31.8 Å². The largest absolute Gasteiger partial charge is 0.376 e. The molecule has 1 aliphatic carbocycles. The number of carbonyl (C=O) groups excluding carboxylic acids is 2. The summed E-state index contributed by atoms with van der Waals surface area (Å²) in [5, 5.41) is 2.79. The number of carbonyl (C=O) groups is 2. The molecule has 23 heavy (non-hydrogen) atoms. The number of hydrogen-bond donors (Lipinski definition) is 2. The Morgan fingerprint density at radius 1 is 1.35 bits per heavy atom. The zero-order valence-electron chi connectivity index (χ0n) is 13.0. The summed E-state index contributed by atoms with van der Waals surface area (Å²) >= 11 is 0. The van der Waals surface area contributed by atoms with Crippen molar-refractivity contribution in [3.8, 4) is 0 Å². The first kappa shape index (κ1) is 15.7. The van der Waals surface area contributed by atoms with Crippen LogP contribution in [0.3, 0.4) is 0 Å². The maximum absolute atomic E-state index is 12.3. The van der Waals surface area contributed by atoms with Crippen molar-refractivity contribution in [2.75, 3.05) is 25.0 Å². The molecule has 2 heterocycles. The molecule has 0 spiro atoms. The van der Waals surface area contributed by atoms with Gasteiger partial charge in [0.1, 0.15) is 5.69 Å². The Labute approximate surface area is 135 Å². The third kappa shape index (κ3) is 4.41. The summed E-state index contributed by atoms with van der Waals surface area (Å²) < 4.78 is 5.89. The maximum atomic E-state index is 12.3. The predicted molar refractivity (Wildman–Crippen MR) is 85.0 cm³/mol. The molecule has 124 valence electrons. The molecule has 0 bridgehead atoms. The van der Waals surface area contributed by atoms with Gasteiger partial charge in [0.25, 0.3) is 5.91 Å². The van der Waals surface area contributed by atoms with Crippen LogP contribution in [-0.4, -0.2) is 47.6 Å². The normalized spacial score (nSPS) is 21.0. The number of primary amides is 1. The van der Waals surface area contributed by atoms with Crippen molar-refractivity contribution in [1.82, 2.24) is 9.88 Å². The molecule has 1 aliphatic heterocycles. The van der Waals surface area contributed by atoms with Crippen molar-refractivity contribution < 1.29 is 14.3 Å². The third-order valence-electron chi connectivity index (χ3n) is 4.20. The van der Waals surface area contributed by atoms with Gasteiger partial charge in [-0.15, -0.1) is 0 Å². The van der Waals surface area contributed by atoms with Gasteiger partial charge in [0.15, 0.2) is 0 Å². The van der Waals surface area contributed by atoms with Gasteiger partial charge in [0, 0.05) is 19.7 Å². The van der Waals surface area contributed by atoms with Crippen LogP contribution in [0.25, 0.3) is 0 Å². The van der Waals surface area contributed by atoms with Crippen molar-refractivity contribution in [1.29, 1.82) is 0 Å². The number of nitrogens with two attached hydrogens (primary N) is 1. The highest BCUT2D eigenvalue weighted by molar-refractivity contribution is 5.92. The van der Waals surface area contributed by atoms with E-state index in [4.69, 9.17) is 10.5 Å². The first-order chi connectivity index (χ1) is 11.1. The molecule has 1 saturated heterocycles. The molecule has 2 fully saturated rings. The smallest absolute Gasteiger partial charge is 0.321 e. The number of nitrogens with zero attached hydrogens (tertiary/aromatic N) is 2. The van der Waals surface area contributed by atoms with E-state index in [1.165, 1.54) is 25.1 Å². The summed E-state index contributed by atoms with van der Waals surface area (Å²) in [7, 11) is 0. The Morgan fingerprint density at radius 3 is 2.83 bits per heavy atom. The second-order valence-electron chi connectivity index (χ2n) is 6.21. The highest BCUT2D eigenvalue weighted by Crippen LogP contribution is 2.30. The van der Waals surface area contributed by atoms with Crippen LogP contribution in [0.1, 0.15) is 36.2 Å². The molecule has 3 amide bonds. The molecule has 7 heteroatoms. The van der Waals surface area contributed by atoms with E-state index >= 15 is 0 Å². The van der Waals surface area contributed by atoms with Crippen molar-refractivity contribution in [2.24, 2.45) is 11.7 Å². The van der Waals surface area contributed by atoms with E-state index in [0.29, 0.717) is 12.2 Å². The van der Waals surface area contributed by atoms with Crippen LogP contribution in [0.15, 0.2) is 18.3 Å². The van der Waals surface area contributed by atoms with Crippen LogP contribution in [0.5, 0.6) is 0 Å². The second-order valence-corrected chi connectivity index (χ2v) is 6.21. The lowest BCUT2D eigenvalue weighted by Crippen LogP contribution is -2.45. The number of aromatic nitrogens is 1. The van der Waals surface area contributed by atoms with Crippen molar-refractivity contribution >= 4 is 17.6 Å². The quantitative estimate of drug-likeness (QED) is 0.861. The van der Waals surface area contributed by atoms with Gasteiger partial charge in [-0.2, -0.15) is 0 Å². The average Bonchev–Trinajstić information content (AvgIpc) is 3.38. The standard InChI is InChI=1S/C16H22N4O3/c17-15(21)14-6-5-12(8-18-14)19-16(22)20-7-1-2-13(9-20)23-10-11-3-4-11/h5-6,8,11,13H,1-4,7,9-10H2,(H2,17,21)(H,19,22). The van der Waals surface area contributed by atoms with Crippen LogP contribution in [-0.2, 0) is 4.74 Å². The lowest BCUT2D eigenvalue weighted by molar-refractivity contribution is 0.00597. The number of rotatable bonds is 5. The molecule has 1 unspecified atom stereocenters. The number of nitrogens with one attached hydrogen (secondary N) is 1. The average molecular weight is 318 g/mol. The van der Waals surface area contributed by atoms with Crippen LogP contribution in [0.2, 0.25) is 0 Å². The van der Waals surface area contributed by atoms with E-state index in [1.54, 1.807) is 11.0 Å². The van der Waals surface area contributed by atoms with Gasteiger partial charge in [-0.1, -0.05) is 0 Å². The summed E-state index contributed by atoms with van der Waals surface area (Å²) in [6.07, 6.45) is 6.05. The fourth-order valence-electron chi connectivity index (χ4n) is 2.63. The number of hydrogen-bond acceptors (Lipinski definition) is 4.